The molecule has 0 amide bonds. The molecule has 23 rings (SSSR count). The Morgan fingerprint density at radius 2 is 0.533 bits per heavy atom. The molecular weight excluding hydrogens is 1550 g/mol. The van der Waals surface area contributed by atoms with Crippen LogP contribution in [0.15, 0.2) is 406 Å². The Kier molecular flexibility index (Phi) is 19.4. The number of hydrogen-bond acceptors (Lipinski definition) is 9. The summed E-state index contributed by atoms with van der Waals surface area (Å²) in [6, 6.07) is 145. The van der Waals surface area contributed by atoms with Gasteiger partial charge in [0.25, 0.3) is 0 Å². The molecule has 1 aliphatic heterocycles. The molecule has 1 fully saturated rings. The average molecular weight is 1630 g/mol. The molecule has 0 N–H and O–H groups in total. The second-order valence-electron chi connectivity index (χ2n) is 32.4. The van der Waals surface area contributed by atoms with Gasteiger partial charge in [-0.1, -0.05) is 376 Å². The van der Waals surface area contributed by atoms with E-state index in [-0.39, 0.29) is 23.6 Å². The van der Waals surface area contributed by atoms with E-state index in [1.165, 1.54) is 124 Å². The van der Waals surface area contributed by atoms with Crippen molar-refractivity contribution in [2.45, 2.75) is 49.7 Å². The number of nitrogens with zero attached hydrogens (tertiary/aromatic N) is 5. The Labute approximate surface area is 723 Å². The van der Waals surface area contributed by atoms with Gasteiger partial charge in [0.05, 0.1) is 33.4 Å². The number of benzene rings is 16. The third-order valence-corrected chi connectivity index (χ3v) is 27.4. The van der Waals surface area contributed by atoms with E-state index in [9.17, 15) is 0 Å². The zero-order chi connectivity index (χ0) is 82.1. The van der Waals surface area contributed by atoms with E-state index >= 15 is 0 Å². The summed E-state index contributed by atoms with van der Waals surface area (Å²) in [7, 11) is -0.386. The fourth-order valence-corrected chi connectivity index (χ4v) is 20.7. The van der Waals surface area contributed by atoms with Gasteiger partial charge in [-0.2, -0.15) is 9.97 Å². The van der Waals surface area contributed by atoms with E-state index in [2.05, 4.69) is 370 Å². The first-order valence-electron chi connectivity index (χ1n) is 41.4. The molecule has 7 nitrogen and oxygen atoms in total. The van der Waals surface area contributed by atoms with Crippen LogP contribution in [-0.4, -0.2) is 43.2 Å². The van der Waals surface area contributed by atoms with E-state index in [0.29, 0.717) is 17.5 Å². The third kappa shape index (κ3) is 13.3. The summed E-state index contributed by atoms with van der Waals surface area (Å²) >= 11 is 9.87. The lowest BCUT2D eigenvalue weighted by atomic mass is 9.66. The van der Waals surface area contributed by atoms with Gasteiger partial charge in [-0.25, -0.2) is 15.0 Å². The van der Waals surface area contributed by atoms with E-state index in [1.807, 2.05) is 102 Å². The van der Waals surface area contributed by atoms with Crippen LogP contribution in [-0.2, 0) is 20.1 Å². The minimum Gasteiger partial charge on any atom is -0.399 e. The van der Waals surface area contributed by atoms with Crippen LogP contribution < -0.4 is 5.46 Å². The van der Waals surface area contributed by atoms with Crippen molar-refractivity contribution in [2.75, 3.05) is 0 Å². The zero-order valence-corrected chi connectivity index (χ0v) is 69.9. The summed E-state index contributed by atoms with van der Waals surface area (Å²) in [6.45, 7) is 8.42. The highest BCUT2D eigenvalue weighted by Crippen LogP contribution is 2.59. The standard InChI is InChI=1S/C53H34N2S.C37H31BO2S.C21H14ClN3/c1-3-13-35(14-4-1)36-23-25-37(26-24-36)48-34-49(55-52(54-48)39-15-5-2-6-16-39)38-27-29-40(30-28-38)53(46-20-10-7-17-42(46)43-18-8-11-21-47(43)53)41-31-32-45-44-19-9-12-22-50(44)56-51(45)33-41;1-35(2)36(3,4)40-38(39-35)26-20-17-24(18-21-26)37(31-14-8-5-11-27(31)28-12-6-9-15-32(28)37)25-19-22-30-29-13-7-10-16-33(29)41-34(30)23-25;22-21-24-19(17-9-5-2-6-10-17)23-20(25-21)18-13-11-16(12-14-18)15-7-3-1-4-8-15/h1-34H;5-23H,1-4H3;1-14H. The Morgan fingerprint density at radius 1 is 0.246 bits per heavy atom. The zero-order valence-electron chi connectivity index (χ0n) is 67.5. The monoisotopic (exact) mass is 1620 g/mol. The summed E-state index contributed by atoms with van der Waals surface area (Å²) < 4.78 is 18.1. The average Bonchev–Trinajstić information content (AvgIpc) is 1.52. The molecule has 5 heterocycles. The lowest BCUT2D eigenvalue weighted by molar-refractivity contribution is 0.00578. The molecule has 1 saturated heterocycles. The summed E-state index contributed by atoms with van der Waals surface area (Å²) in [4.78, 5) is 23.4. The van der Waals surface area contributed by atoms with Gasteiger partial charge in [0.1, 0.15) is 0 Å². The Hall–Kier alpha value is -13.7. The van der Waals surface area contributed by atoms with Crippen molar-refractivity contribution in [1.29, 1.82) is 0 Å². The van der Waals surface area contributed by atoms with Crippen LogP contribution in [0.2, 0.25) is 5.28 Å². The molecule has 0 atom stereocenters. The fraction of sp³-hybridized carbons (Fsp3) is 0.0721. The first kappa shape index (κ1) is 75.8. The molecule has 0 radical (unpaired) electrons. The lowest BCUT2D eigenvalue weighted by Gasteiger charge is -2.34. The van der Waals surface area contributed by atoms with Crippen molar-refractivity contribution in [3.63, 3.8) is 0 Å². The van der Waals surface area contributed by atoms with Gasteiger partial charge >= 0.3 is 7.12 Å². The Morgan fingerprint density at radius 3 is 0.934 bits per heavy atom. The summed E-state index contributed by atoms with van der Waals surface area (Å²) in [5.41, 5.74) is 26.2. The van der Waals surface area contributed by atoms with Gasteiger partial charge in [-0.3, -0.25) is 0 Å². The van der Waals surface area contributed by atoms with Crippen molar-refractivity contribution >= 4 is 87.2 Å². The van der Waals surface area contributed by atoms with Crippen LogP contribution in [0.1, 0.15) is 72.2 Å². The predicted molar refractivity (Wildman–Crippen MR) is 507 cm³/mol. The Balaban J connectivity index is 0.000000121. The molecule has 0 spiro atoms. The summed E-state index contributed by atoms with van der Waals surface area (Å²) in [5.74, 6) is 1.85. The van der Waals surface area contributed by atoms with Crippen molar-refractivity contribution in [1.82, 2.24) is 24.9 Å². The number of thiophene rings is 2. The van der Waals surface area contributed by atoms with Crippen LogP contribution >= 0.6 is 34.3 Å². The third-order valence-electron chi connectivity index (χ3n) is 24.9. The first-order valence-corrected chi connectivity index (χ1v) is 43.4. The van der Waals surface area contributed by atoms with Crippen LogP contribution in [0.5, 0.6) is 0 Å². The topological polar surface area (TPSA) is 82.9 Å². The fourth-order valence-electron chi connectivity index (χ4n) is 18.3. The normalized spacial score (nSPS) is 14.1. The molecule has 582 valence electrons. The molecule has 16 aromatic carbocycles. The SMILES string of the molecule is CC1(C)OB(c2ccc(C3(c4ccc5c(c4)sc4ccccc45)c4ccccc4-c4ccccc43)cc2)OC1(C)C.Clc1nc(-c2ccccc2)nc(-c2ccc(-c3ccccc3)cc2)n1.c1ccc(-c2ccc(-c3cc(-c4ccc(C5(c6ccc7c(c6)sc6ccccc67)c6ccccc6-c6ccccc65)cc4)nc(-c4ccccc4)n3)cc2)cc1. The minimum atomic E-state index is -0.497. The van der Waals surface area contributed by atoms with Gasteiger partial charge < -0.3 is 9.31 Å². The number of halogens is 1. The molecule has 0 saturated carbocycles. The van der Waals surface area contributed by atoms with Crippen molar-refractivity contribution in [3.05, 3.63) is 456 Å². The van der Waals surface area contributed by atoms with Gasteiger partial charge in [0, 0.05) is 68.2 Å². The quantitative estimate of drug-likeness (QED) is 0.113. The van der Waals surface area contributed by atoms with Crippen LogP contribution in [0.4, 0.5) is 0 Å². The summed E-state index contributed by atoms with van der Waals surface area (Å²) in [5, 5.41) is 5.46. The smallest absolute Gasteiger partial charge is 0.399 e. The van der Waals surface area contributed by atoms with Crippen LogP contribution in [0.25, 0.3) is 142 Å². The van der Waals surface area contributed by atoms with Gasteiger partial charge in [0.2, 0.25) is 5.28 Å². The molecule has 2 aliphatic carbocycles. The van der Waals surface area contributed by atoms with Crippen molar-refractivity contribution < 1.29 is 9.31 Å². The molecule has 3 aliphatic rings. The first-order chi connectivity index (χ1) is 59.8. The van der Waals surface area contributed by atoms with Crippen molar-refractivity contribution in [2.24, 2.45) is 0 Å². The molecule has 11 heteroatoms. The molecule has 0 bridgehead atoms. The van der Waals surface area contributed by atoms with Crippen LogP contribution in [0, 0.1) is 0 Å². The predicted octanol–water partition coefficient (Wildman–Crippen LogP) is 28.1. The largest absolute Gasteiger partial charge is 0.494 e. The lowest BCUT2D eigenvalue weighted by Crippen LogP contribution is -2.41. The van der Waals surface area contributed by atoms with Gasteiger partial charge in [-0.05, 0) is 164 Å². The molecule has 4 aromatic heterocycles. The van der Waals surface area contributed by atoms with E-state index in [1.54, 1.807) is 0 Å². The Bertz CT molecular complexity index is 7220. The molecule has 122 heavy (non-hydrogen) atoms. The summed E-state index contributed by atoms with van der Waals surface area (Å²) in [6.07, 6.45) is 0. The maximum atomic E-state index is 6.39. The highest BCUT2D eigenvalue weighted by atomic mass is 35.5. The van der Waals surface area contributed by atoms with Crippen molar-refractivity contribution in [3.8, 4) is 101 Å². The number of hydrogen-bond donors (Lipinski definition) is 0. The highest BCUT2D eigenvalue weighted by Gasteiger charge is 2.53. The second kappa shape index (κ2) is 31.2. The van der Waals surface area contributed by atoms with E-state index < -0.39 is 10.8 Å². The van der Waals surface area contributed by atoms with E-state index in [0.717, 1.165) is 50.2 Å². The maximum absolute atomic E-state index is 6.39. The van der Waals surface area contributed by atoms with Crippen LogP contribution in [0.3, 0.4) is 0 Å². The maximum Gasteiger partial charge on any atom is 0.494 e. The van der Waals surface area contributed by atoms with Gasteiger partial charge in [-0.15, -0.1) is 22.7 Å². The minimum absolute atomic E-state index is 0.191. The number of fused-ring (bicyclic) bond motifs is 12. The number of rotatable bonds is 12. The van der Waals surface area contributed by atoms with Gasteiger partial charge in [0.15, 0.2) is 17.5 Å². The molecule has 20 aromatic rings. The van der Waals surface area contributed by atoms with E-state index in [4.69, 9.17) is 30.9 Å². The highest BCUT2D eigenvalue weighted by molar-refractivity contribution is 7.26. The molecular formula is C111H79BClN5O2S2. The number of aromatic nitrogens is 5. The second-order valence-corrected chi connectivity index (χ2v) is 34.9. The molecule has 0 unspecified atom stereocenters.